The van der Waals surface area contributed by atoms with E-state index in [0.717, 1.165) is 31.6 Å². The maximum Gasteiger partial charge on any atom is 0.0599 e. The van der Waals surface area contributed by atoms with Gasteiger partial charge in [-0.1, -0.05) is 66.2 Å². The van der Waals surface area contributed by atoms with E-state index in [1.165, 1.54) is 32.1 Å². The standard InChI is InChI=1S/C32H52O2/c1-9-32-19-17-29(7)24(30(32,8)14-13-25(34)27(32,4)5)11-10-23-26-22(3)21(2)12-15-31(26,20-33)18-16-28(23,29)6/h9-10,21-22,24-26,33-34H,1,11-20H2,2-8H3/t21-,22?,24?,25?,26?,28-,29?,30?,31?,32+/m1/s1. The fourth-order valence-corrected chi connectivity index (χ4v) is 11.4. The van der Waals surface area contributed by atoms with Gasteiger partial charge in [0, 0.05) is 22.9 Å². The number of aliphatic hydroxyl groups excluding tert-OH is 2. The van der Waals surface area contributed by atoms with Crippen molar-refractivity contribution >= 4 is 0 Å². The Bertz CT molecular complexity index is 887. The third-order valence-corrected chi connectivity index (χ3v) is 14.3. The molecule has 0 saturated heterocycles. The van der Waals surface area contributed by atoms with Gasteiger partial charge in [0.1, 0.15) is 0 Å². The van der Waals surface area contributed by atoms with Crippen LogP contribution in [0.5, 0.6) is 0 Å². The van der Waals surface area contributed by atoms with E-state index in [-0.39, 0.29) is 38.6 Å². The topological polar surface area (TPSA) is 40.5 Å². The highest BCUT2D eigenvalue weighted by molar-refractivity contribution is 5.36. The lowest BCUT2D eigenvalue weighted by molar-refractivity contribution is -0.238. The average molecular weight is 469 g/mol. The molecule has 0 aromatic rings. The van der Waals surface area contributed by atoms with Crippen LogP contribution in [0.15, 0.2) is 24.3 Å². The number of hydrogen-bond acceptors (Lipinski definition) is 2. The first-order valence-corrected chi connectivity index (χ1v) is 14.4. The van der Waals surface area contributed by atoms with Crippen LogP contribution < -0.4 is 0 Å². The molecule has 0 aliphatic heterocycles. The number of aliphatic hydroxyl groups is 2. The van der Waals surface area contributed by atoms with Crippen molar-refractivity contribution in [1.29, 1.82) is 0 Å². The SMILES string of the molecule is C=C[C@@]12CCC3(C)C(CC=C4C5C(C)[C@H](C)CCC5(CO)CC[C@]43C)C1(C)CCC(O)C2(C)C. The van der Waals surface area contributed by atoms with Gasteiger partial charge >= 0.3 is 0 Å². The molecule has 5 rings (SSSR count). The van der Waals surface area contributed by atoms with E-state index in [1.54, 1.807) is 5.57 Å². The molecule has 10 atom stereocenters. The lowest BCUT2D eigenvalue weighted by Gasteiger charge is -2.74. The summed E-state index contributed by atoms with van der Waals surface area (Å²) in [7, 11) is 0. The fourth-order valence-electron chi connectivity index (χ4n) is 11.4. The zero-order valence-corrected chi connectivity index (χ0v) is 23.2. The highest BCUT2D eigenvalue weighted by atomic mass is 16.3. The molecule has 4 saturated carbocycles. The molecule has 5 aliphatic carbocycles. The minimum absolute atomic E-state index is 0.0281. The van der Waals surface area contributed by atoms with Crippen LogP contribution in [-0.2, 0) is 0 Å². The van der Waals surface area contributed by atoms with Crippen molar-refractivity contribution in [2.45, 2.75) is 112 Å². The van der Waals surface area contributed by atoms with Crippen molar-refractivity contribution in [1.82, 2.24) is 0 Å². The van der Waals surface area contributed by atoms with E-state index in [2.05, 4.69) is 67.2 Å². The van der Waals surface area contributed by atoms with Gasteiger partial charge in [-0.25, -0.2) is 0 Å². The summed E-state index contributed by atoms with van der Waals surface area (Å²) in [5.74, 6) is 2.50. The maximum absolute atomic E-state index is 11.1. The molecule has 5 aliphatic rings. The normalized spacial score (nSPS) is 56.3. The van der Waals surface area contributed by atoms with Crippen molar-refractivity contribution in [2.75, 3.05) is 6.61 Å². The van der Waals surface area contributed by atoms with Gasteiger partial charge in [-0.15, -0.1) is 6.58 Å². The van der Waals surface area contributed by atoms with Crippen LogP contribution in [0, 0.1) is 56.2 Å². The highest BCUT2D eigenvalue weighted by Gasteiger charge is 2.72. The molecule has 0 amide bonds. The summed E-state index contributed by atoms with van der Waals surface area (Å²) >= 11 is 0. The Morgan fingerprint density at radius 2 is 1.65 bits per heavy atom. The minimum atomic E-state index is -0.252. The van der Waals surface area contributed by atoms with Crippen LogP contribution >= 0.6 is 0 Å². The summed E-state index contributed by atoms with van der Waals surface area (Å²) in [5, 5.41) is 21.9. The summed E-state index contributed by atoms with van der Waals surface area (Å²) in [6.07, 6.45) is 15.1. The molecule has 0 radical (unpaired) electrons. The molecule has 34 heavy (non-hydrogen) atoms. The van der Waals surface area contributed by atoms with E-state index >= 15 is 0 Å². The quantitative estimate of drug-likeness (QED) is 0.411. The van der Waals surface area contributed by atoms with Crippen molar-refractivity contribution in [3.63, 3.8) is 0 Å². The number of allylic oxidation sites excluding steroid dienone is 3. The van der Waals surface area contributed by atoms with Crippen molar-refractivity contribution in [3.8, 4) is 0 Å². The molecule has 0 bridgehead atoms. The second-order valence-corrected chi connectivity index (χ2v) is 14.9. The number of hydrogen-bond donors (Lipinski definition) is 2. The van der Waals surface area contributed by atoms with Crippen LogP contribution in [0.3, 0.4) is 0 Å². The lowest BCUT2D eigenvalue weighted by atomic mass is 9.30. The third kappa shape index (κ3) is 2.61. The Morgan fingerprint density at radius 3 is 2.29 bits per heavy atom. The zero-order valence-electron chi connectivity index (χ0n) is 23.2. The second-order valence-electron chi connectivity index (χ2n) is 14.9. The maximum atomic E-state index is 11.1. The molecule has 0 heterocycles. The monoisotopic (exact) mass is 468 g/mol. The molecule has 2 nitrogen and oxygen atoms in total. The van der Waals surface area contributed by atoms with Gasteiger partial charge in [0.2, 0.25) is 0 Å². The van der Waals surface area contributed by atoms with Crippen LogP contribution in [-0.4, -0.2) is 22.9 Å². The predicted molar refractivity (Wildman–Crippen MR) is 141 cm³/mol. The summed E-state index contributed by atoms with van der Waals surface area (Å²) in [6.45, 7) is 22.2. The second kappa shape index (κ2) is 7.47. The van der Waals surface area contributed by atoms with Crippen LogP contribution in [0.25, 0.3) is 0 Å². The predicted octanol–water partition coefficient (Wildman–Crippen LogP) is 7.55. The van der Waals surface area contributed by atoms with Crippen LogP contribution in [0.1, 0.15) is 106 Å². The first-order valence-electron chi connectivity index (χ1n) is 14.4. The first kappa shape index (κ1) is 25.1. The molecule has 4 fully saturated rings. The summed E-state index contributed by atoms with van der Waals surface area (Å²) in [4.78, 5) is 0. The van der Waals surface area contributed by atoms with Gasteiger partial charge in [-0.2, -0.15) is 0 Å². The Hall–Kier alpha value is -0.600. The van der Waals surface area contributed by atoms with E-state index in [4.69, 9.17) is 0 Å². The highest BCUT2D eigenvalue weighted by Crippen LogP contribution is 2.78. The molecule has 2 N–H and O–H groups in total. The van der Waals surface area contributed by atoms with E-state index in [0.29, 0.717) is 24.4 Å². The summed E-state index contributed by atoms with van der Waals surface area (Å²) < 4.78 is 0. The smallest absolute Gasteiger partial charge is 0.0599 e. The molecule has 192 valence electrons. The lowest BCUT2D eigenvalue weighted by Crippen LogP contribution is -2.69. The summed E-state index contributed by atoms with van der Waals surface area (Å²) in [5.41, 5.74) is 2.22. The van der Waals surface area contributed by atoms with Crippen molar-refractivity contribution < 1.29 is 10.2 Å². The van der Waals surface area contributed by atoms with Gasteiger partial charge in [0.25, 0.3) is 0 Å². The van der Waals surface area contributed by atoms with E-state index < -0.39 is 0 Å². The Morgan fingerprint density at radius 1 is 0.941 bits per heavy atom. The third-order valence-electron chi connectivity index (χ3n) is 14.3. The van der Waals surface area contributed by atoms with Gasteiger partial charge in [-0.05, 0) is 97.7 Å². The Balaban J connectivity index is 1.64. The largest absolute Gasteiger partial charge is 0.396 e. The Kier molecular flexibility index (Phi) is 5.51. The Labute approximate surface area is 209 Å². The molecule has 2 heteroatoms. The van der Waals surface area contributed by atoms with Gasteiger partial charge < -0.3 is 10.2 Å². The first-order chi connectivity index (χ1) is 15.8. The van der Waals surface area contributed by atoms with Crippen molar-refractivity contribution in [3.05, 3.63) is 24.3 Å². The summed E-state index contributed by atoms with van der Waals surface area (Å²) in [6, 6.07) is 0. The molecule has 0 spiro atoms. The average Bonchev–Trinajstić information content (AvgIpc) is 2.80. The molecular weight excluding hydrogens is 416 g/mol. The zero-order chi connectivity index (χ0) is 24.9. The van der Waals surface area contributed by atoms with Crippen LogP contribution in [0.2, 0.25) is 0 Å². The number of rotatable bonds is 2. The van der Waals surface area contributed by atoms with Crippen molar-refractivity contribution in [2.24, 2.45) is 56.2 Å². The van der Waals surface area contributed by atoms with E-state index in [9.17, 15) is 10.2 Å². The molecule has 0 aromatic heterocycles. The number of fused-ring (bicyclic) bond motifs is 7. The van der Waals surface area contributed by atoms with Gasteiger partial charge in [-0.3, -0.25) is 0 Å². The fraction of sp³-hybridized carbons (Fsp3) is 0.875. The molecule has 0 aromatic carbocycles. The van der Waals surface area contributed by atoms with Gasteiger partial charge in [0.15, 0.2) is 0 Å². The molecule has 7 unspecified atom stereocenters. The van der Waals surface area contributed by atoms with Gasteiger partial charge in [0.05, 0.1) is 6.10 Å². The van der Waals surface area contributed by atoms with Crippen LogP contribution in [0.4, 0.5) is 0 Å². The molecular formula is C32H52O2. The minimum Gasteiger partial charge on any atom is -0.396 e. The van der Waals surface area contributed by atoms with E-state index in [1.807, 2.05) is 0 Å².